The van der Waals surface area contributed by atoms with Crippen LogP contribution in [0.5, 0.6) is 0 Å². The van der Waals surface area contributed by atoms with E-state index in [-0.39, 0.29) is 36.7 Å². The highest BCUT2D eigenvalue weighted by atomic mass is 16.5. The predicted octanol–water partition coefficient (Wildman–Crippen LogP) is 5.65. The first kappa shape index (κ1) is 32.9. The summed E-state index contributed by atoms with van der Waals surface area (Å²) in [4.78, 5) is 26.8. The average Bonchev–Trinajstić information content (AvgIpc) is 2.78. The van der Waals surface area contributed by atoms with Crippen LogP contribution >= 0.6 is 0 Å². The zero-order chi connectivity index (χ0) is 25.9. The van der Waals surface area contributed by atoms with Gasteiger partial charge in [0.25, 0.3) is 0 Å². The Morgan fingerprint density at radius 1 is 1.03 bits per heavy atom. The van der Waals surface area contributed by atoms with E-state index in [2.05, 4.69) is 39.9 Å². The van der Waals surface area contributed by atoms with Crippen LogP contribution in [0, 0.1) is 17.8 Å². The molecule has 0 aromatic rings. The first-order chi connectivity index (χ1) is 16.2. The minimum absolute atomic E-state index is 0.0454. The van der Waals surface area contributed by atoms with Crippen molar-refractivity contribution in [2.45, 2.75) is 137 Å². The second kappa shape index (κ2) is 20.1. The van der Waals surface area contributed by atoms with Gasteiger partial charge in [0, 0.05) is 24.9 Å². The summed E-state index contributed by atoms with van der Waals surface area (Å²) in [7, 11) is 0. The van der Waals surface area contributed by atoms with E-state index in [1.54, 1.807) is 4.90 Å². The predicted molar refractivity (Wildman–Crippen MR) is 141 cm³/mol. The van der Waals surface area contributed by atoms with Crippen LogP contribution in [0.15, 0.2) is 0 Å². The van der Waals surface area contributed by atoms with E-state index in [1.165, 1.54) is 44.9 Å². The number of rotatable bonds is 16. The number of hydrogen-bond acceptors (Lipinski definition) is 4. The van der Waals surface area contributed by atoms with Crippen molar-refractivity contribution in [2.24, 2.45) is 17.8 Å². The summed E-state index contributed by atoms with van der Waals surface area (Å²) in [5, 5.41) is 21.0. The van der Waals surface area contributed by atoms with Gasteiger partial charge in [-0.25, -0.2) is 0 Å². The van der Waals surface area contributed by atoms with Gasteiger partial charge in [0.15, 0.2) is 6.29 Å². The van der Waals surface area contributed by atoms with E-state index < -0.39 is 6.29 Å². The summed E-state index contributed by atoms with van der Waals surface area (Å²) in [6.45, 7) is 13.8. The summed E-state index contributed by atoms with van der Waals surface area (Å²) in [5.41, 5.74) is 0. The van der Waals surface area contributed by atoms with Crippen LogP contribution in [-0.2, 0) is 9.59 Å². The molecule has 0 aromatic heterocycles. The molecule has 1 heterocycles. The number of amides is 2. The number of carbonyl (C=O) groups excluding carboxylic acids is 2. The third-order valence-corrected chi connectivity index (χ3v) is 6.78. The minimum atomic E-state index is -1.43. The van der Waals surface area contributed by atoms with Gasteiger partial charge in [0.1, 0.15) is 0 Å². The molecule has 1 fully saturated rings. The zero-order valence-corrected chi connectivity index (χ0v) is 23.2. The summed E-state index contributed by atoms with van der Waals surface area (Å²) in [5.74, 6) is 1.55. The van der Waals surface area contributed by atoms with Crippen molar-refractivity contribution in [1.82, 2.24) is 10.2 Å². The van der Waals surface area contributed by atoms with Crippen LogP contribution in [0.1, 0.15) is 125 Å². The first-order valence-electron chi connectivity index (χ1n) is 14.1. The van der Waals surface area contributed by atoms with Crippen LogP contribution in [0.3, 0.4) is 0 Å². The second-order valence-corrected chi connectivity index (χ2v) is 10.5. The van der Waals surface area contributed by atoms with Crippen LogP contribution in [0.2, 0.25) is 0 Å². The number of carbonyl (C=O) groups is 2. The largest absolute Gasteiger partial charge is 0.368 e. The van der Waals surface area contributed by atoms with Gasteiger partial charge in [0.2, 0.25) is 11.8 Å². The highest BCUT2D eigenvalue weighted by Crippen LogP contribution is 2.27. The van der Waals surface area contributed by atoms with E-state index in [1.807, 2.05) is 6.92 Å². The number of nitrogens with one attached hydrogen (secondary N) is 1. The van der Waals surface area contributed by atoms with Crippen molar-refractivity contribution in [3.05, 3.63) is 0 Å². The molecule has 1 aliphatic rings. The molecule has 0 unspecified atom stereocenters. The van der Waals surface area contributed by atoms with Crippen molar-refractivity contribution < 1.29 is 19.8 Å². The maximum absolute atomic E-state index is 12.8. The normalized spacial score (nSPS) is 17.2. The Morgan fingerprint density at radius 3 is 2.15 bits per heavy atom. The van der Waals surface area contributed by atoms with Gasteiger partial charge in [-0.1, -0.05) is 86.5 Å². The van der Waals surface area contributed by atoms with E-state index in [0.717, 1.165) is 31.6 Å². The smallest absolute Gasteiger partial charge is 0.239 e. The maximum atomic E-state index is 12.8. The topological polar surface area (TPSA) is 89.9 Å². The van der Waals surface area contributed by atoms with Crippen LogP contribution < -0.4 is 5.32 Å². The fourth-order valence-corrected chi connectivity index (χ4v) is 4.77. The van der Waals surface area contributed by atoms with Gasteiger partial charge in [0.05, 0.1) is 6.54 Å². The fraction of sp³-hybridized carbons (Fsp3) is 0.929. The van der Waals surface area contributed by atoms with Gasteiger partial charge in [-0.2, -0.15) is 0 Å². The van der Waals surface area contributed by atoms with E-state index in [0.29, 0.717) is 18.9 Å². The quantitative estimate of drug-likeness (QED) is 0.247. The van der Waals surface area contributed by atoms with Crippen molar-refractivity contribution in [2.75, 3.05) is 13.1 Å². The molecule has 6 nitrogen and oxygen atoms in total. The van der Waals surface area contributed by atoms with Gasteiger partial charge >= 0.3 is 0 Å². The number of piperidine rings is 1. The van der Waals surface area contributed by atoms with Crippen LogP contribution in [0.25, 0.3) is 0 Å². The Hall–Kier alpha value is -1.14. The Bertz CT molecular complexity index is 519. The van der Waals surface area contributed by atoms with E-state index in [4.69, 9.17) is 10.2 Å². The Morgan fingerprint density at radius 2 is 1.68 bits per heavy atom. The molecule has 0 spiro atoms. The van der Waals surface area contributed by atoms with Gasteiger partial charge < -0.3 is 20.4 Å². The Balaban J connectivity index is 0.00000135. The summed E-state index contributed by atoms with van der Waals surface area (Å²) in [6, 6.07) is -0.281. The molecular formula is C28H56N2O4. The average molecular weight is 485 g/mol. The van der Waals surface area contributed by atoms with Crippen LogP contribution in [-0.4, -0.2) is 52.3 Å². The number of hydrogen-bond donors (Lipinski definition) is 3. The number of unbranched alkanes of at least 4 members (excludes halogenated alkanes) is 1. The number of aliphatic hydroxyl groups is 2. The summed E-state index contributed by atoms with van der Waals surface area (Å²) >= 11 is 0. The lowest BCUT2D eigenvalue weighted by Crippen LogP contribution is -2.48. The summed E-state index contributed by atoms with van der Waals surface area (Å²) < 4.78 is 0. The third-order valence-electron chi connectivity index (χ3n) is 6.78. The molecule has 0 bridgehead atoms. The molecule has 0 aromatic carbocycles. The molecule has 0 radical (unpaired) electrons. The Kier molecular flexibility index (Phi) is 19.4. The molecule has 2 amide bonds. The lowest BCUT2D eigenvalue weighted by atomic mass is 9.86. The Labute approximate surface area is 210 Å². The molecular weight excluding hydrogens is 428 g/mol. The number of likely N-dealkylation sites (tertiary alicyclic amines) is 1. The molecule has 1 aliphatic heterocycles. The van der Waals surface area contributed by atoms with E-state index in [9.17, 15) is 9.59 Å². The molecule has 34 heavy (non-hydrogen) atoms. The van der Waals surface area contributed by atoms with Crippen molar-refractivity contribution in [3.63, 3.8) is 0 Å². The molecule has 3 N–H and O–H groups in total. The zero-order valence-electron chi connectivity index (χ0n) is 23.2. The first-order valence-corrected chi connectivity index (χ1v) is 14.1. The number of aliphatic hydroxyl groups excluding tert-OH is 1. The van der Waals surface area contributed by atoms with Crippen LogP contribution in [0.4, 0.5) is 0 Å². The standard InChI is InChI=1S/C21H40N2O4.C7H16/c1-4-8-16(9-5-2)11-12-17-10-7-13-23(21(17)27)15-19(24)22-18(6-3)14-20(25)26;1-4-5-6-7(2)3/h16-18,20,25-26H,4-15H2,1-3H3,(H,22,24);7H,4-6H2,1-3H3/t17-,18+;/m0./s1. The molecule has 2 atom stereocenters. The molecule has 0 aliphatic carbocycles. The van der Waals surface area contributed by atoms with Gasteiger partial charge in [-0.05, 0) is 43.9 Å². The molecule has 202 valence electrons. The third kappa shape index (κ3) is 15.7. The lowest BCUT2D eigenvalue weighted by molar-refractivity contribution is -0.142. The SMILES string of the molecule is CCCC(CCC)CC[C@@H]1CCCN(CC(=O)N[C@H](CC)CC(O)O)C1=O.CCCCC(C)C. The van der Waals surface area contributed by atoms with Crippen molar-refractivity contribution >= 4 is 11.8 Å². The fourth-order valence-electron chi connectivity index (χ4n) is 4.77. The molecule has 1 saturated heterocycles. The highest BCUT2D eigenvalue weighted by molar-refractivity contribution is 5.86. The highest BCUT2D eigenvalue weighted by Gasteiger charge is 2.30. The van der Waals surface area contributed by atoms with Gasteiger partial charge in [-0.3, -0.25) is 9.59 Å². The minimum Gasteiger partial charge on any atom is -0.368 e. The molecule has 1 rings (SSSR count). The van der Waals surface area contributed by atoms with E-state index >= 15 is 0 Å². The molecule has 0 saturated carbocycles. The maximum Gasteiger partial charge on any atom is 0.239 e. The van der Waals surface area contributed by atoms with Crippen molar-refractivity contribution in [3.8, 4) is 0 Å². The summed E-state index contributed by atoms with van der Waals surface area (Å²) in [6.07, 6.45) is 12.2. The van der Waals surface area contributed by atoms with Gasteiger partial charge in [-0.15, -0.1) is 0 Å². The number of nitrogens with zero attached hydrogens (tertiary/aromatic N) is 1. The second-order valence-electron chi connectivity index (χ2n) is 10.5. The lowest BCUT2D eigenvalue weighted by Gasteiger charge is -2.33. The van der Waals surface area contributed by atoms with Crippen molar-refractivity contribution in [1.29, 1.82) is 0 Å². The molecule has 6 heteroatoms. The monoisotopic (exact) mass is 484 g/mol.